The molecule has 0 radical (unpaired) electrons. The predicted molar refractivity (Wildman–Crippen MR) is 135 cm³/mol. The van der Waals surface area contributed by atoms with E-state index in [0.717, 1.165) is 48.1 Å². The Morgan fingerprint density at radius 2 is 1.68 bits per heavy atom. The Hall–Kier alpha value is -3.54. The topological polar surface area (TPSA) is 65.8 Å². The van der Waals surface area contributed by atoms with Crippen LogP contribution in [0.3, 0.4) is 0 Å². The highest BCUT2D eigenvalue weighted by molar-refractivity contribution is 6.09. The van der Waals surface area contributed by atoms with Gasteiger partial charge in [-0.25, -0.2) is 0 Å². The maximum absolute atomic E-state index is 13.9. The number of aryl methyl sites for hydroxylation is 1. The number of nitrogens with one attached hydrogen (secondary N) is 1. The number of amides is 2. The first-order valence-corrected chi connectivity index (χ1v) is 11.9. The quantitative estimate of drug-likeness (QED) is 0.513. The molecular formula is C28H33N3O3. The average Bonchev–Trinajstić information content (AvgIpc) is 3.54. The van der Waals surface area contributed by atoms with Gasteiger partial charge in [-0.3, -0.25) is 14.5 Å². The number of rotatable bonds is 7. The van der Waals surface area contributed by atoms with E-state index in [0.29, 0.717) is 5.69 Å². The number of hydrogen-bond acceptors (Lipinski definition) is 4. The van der Waals surface area contributed by atoms with Crippen molar-refractivity contribution < 1.29 is 14.0 Å². The van der Waals surface area contributed by atoms with Crippen molar-refractivity contribution >= 4 is 23.2 Å². The molecule has 6 heteroatoms. The van der Waals surface area contributed by atoms with Crippen LogP contribution in [0.2, 0.25) is 0 Å². The lowest BCUT2D eigenvalue weighted by Crippen LogP contribution is -2.46. The van der Waals surface area contributed by atoms with Crippen molar-refractivity contribution in [3.63, 3.8) is 0 Å². The lowest BCUT2D eigenvalue weighted by atomic mass is 9.99. The van der Waals surface area contributed by atoms with Crippen molar-refractivity contribution in [1.29, 1.82) is 0 Å². The van der Waals surface area contributed by atoms with E-state index in [1.54, 1.807) is 17.0 Å². The molecule has 1 aliphatic rings. The number of carbonyl (C=O) groups excluding carboxylic acids is 2. The standard InChI is InChI=1S/C28H33N3O3/c1-19-9-7-12-24(20(19)2)31(28(33)25-13-8-18-34-25)26(27(32)29-22-10-5-6-11-22)21-14-16-23(17-15-21)30(3)4/h7-9,12-18,22,26H,5-6,10-11H2,1-4H3,(H,29,32). The Morgan fingerprint density at radius 1 is 0.971 bits per heavy atom. The van der Waals surface area contributed by atoms with E-state index in [1.807, 2.05) is 75.3 Å². The number of carbonyl (C=O) groups is 2. The third-order valence-electron chi connectivity index (χ3n) is 6.72. The summed E-state index contributed by atoms with van der Waals surface area (Å²) in [6.45, 7) is 3.99. The van der Waals surface area contributed by atoms with Crippen LogP contribution in [0, 0.1) is 13.8 Å². The van der Waals surface area contributed by atoms with Crippen molar-refractivity contribution in [2.75, 3.05) is 23.9 Å². The molecule has 1 atom stereocenters. The lowest BCUT2D eigenvalue weighted by molar-refractivity contribution is -0.123. The Morgan fingerprint density at radius 3 is 2.29 bits per heavy atom. The highest BCUT2D eigenvalue weighted by atomic mass is 16.3. The highest BCUT2D eigenvalue weighted by Gasteiger charge is 2.36. The molecular weight excluding hydrogens is 426 g/mol. The average molecular weight is 460 g/mol. The summed E-state index contributed by atoms with van der Waals surface area (Å²) in [5.74, 6) is -0.322. The molecule has 3 aromatic rings. The fraction of sp³-hybridized carbons (Fsp3) is 0.357. The zero-order valence-electron chi connectivity index (χ0n) is 20.4. The van der Waals surface area contributed by atoms with E-state index in [-0.39, 0.29) is 23.6 Å². The van der Waals surface area contributed by atoms with Crippen LogP contribution in [0.5, 0.6) is 0 Å². The van der Waals surface area contributed by atoms with E-state index in [2.05, 4.69) is 5.32 Å². The predicted octanol–water partition coefficient (Wildman–Crippen LogP) is 5.41. The summed E-state index contributed by atoms with van der Waals surface area (Å²) in [7, 11) is 3.95. The number of furan rings is 1. The first-order valence-electron chi connectivity index (χ1n) is 11.9. The van der Waals surface area contributed by atoms with Gasteiger partial charge < -0.3 is 14.6 Å². The number of hydrogen-bond donors (Lipinski definition) is 1. The van der Waals surface area contributed by atoms with Crippen molar-refractivity contribution in [1.82, 2.24) is 5.32 Å². The molecule has 0 spiro atoms. The van der Waals surface area contributed by atoms with E-state index in [9.17, 15) is 9.59 Å². The normalized spacial score (nSPS) is 14.6. The highest BCUT2D eigenvalue weighted by Crippen LogP contribution is 2.34. The van der Waals surface area contributed by atoms with Crippen molar-refractivity contribution in [2.45, 2.75) is 51.6 Å². The molecule has 1 aromatic heterocycles. The minimum Gasteiger partial charge on any atom is -0.459 e. The van der Waals surface area contributed by atoms with Crippen LogP contribution in [0.4, 0.5) is 11.4 Å². The molecule has 1 N–H and O–H groups in total. The SMILES string of the molecule is Cc1cccc(N(C(=O)c2ccco2)C(C(=O)NC2CCCC2)c2ccc(N(C)C)cc2)c1C. The Balaban J connectivity index is 1.84. The molecule has 34 heavy (non-hydrogen) atoms. The molecule has 1 saturated carbocycles. The molecule has 2 amide bonds. The summed E-state index contributed by atoms with van der Waals surface area (Å²) in [6.07, 6.45) is 5.63. The Kier molecular flexibility index (Phi) is 7.06. The van der Waals surface area contributed by atoms with Crippen LogP contribution in [-0.4, -0.2) is 32.0 Å². The zero-order chi connectivity index (χ0) is 24.2. The summed E-state index contributed by atoms with van der Waals surface area (Å²) in [5.41, 5.74) is 4.47. The van der Waals surface area contributed by atoms with Crippen LogP contribution >= 0.6 is 0 Å². The molecule has 6 nitrogen and oxygen atoms in total. The Labute approximate surface area is 201 Å². The number of anilines is 2. The second kappa shape index (κ2) is 10.2. The smallest absolute Gasteiger partial charge is 0.294 e. The summed E-state index contributed by atoms with van der Waals surface area (Å²) in [4.78, 5) is 31.3. The van der Waals surface area contributed by atoms with Crippen molar-refractivity contribution in [2.24, 2.45) is 0 Å². The number of benzene rings is 2. The zero-order valence-corrected chi connectivity index (χ0v) is 20.4. The van der Waals surface area contributed by atoms with Crippen LogP contribution in [0.1, 0.15) is 59.0 Å². The van der Waals surface area contributed by atoms with E-state index in [4.69, 9.17) is 4.42 Å². The molecule has 1 fully saturated rings. The van der Waals surface area contributed by atoms with Gasteiger partial charge in [-0.1, -0.05) is 37.1 Å². The summed E-state index contributed by atoms with van der Waals surface area (Å²) in [6, 6.07) is 16.3. The van der Waals surface area contributed by atoms with Gasteiger partial charge in [0.2, 0.25) is 5.91 Å². The van der Waals surface area contributed by atoms with Crippen LogP contribution in [0.15, 0.2) is 65.3 Å². The lowest BCUT2D eigenvalue weighted by Gasteiger charge is -2.33. The van der Waals surface area contributed by atoms with Crippen molar-refractivity contribution in [3.05, 3.63) is 83.3 Å². The first kappa shape index (κ1) is 23.6. The molecule has 1 unspecified atom stereocenters. The fourth-order valence-electron chi connectivity index (χ4n) is 4.60. The van der Waals surface area contributed by atoms with Gasteiger partial charge in [0, 0.05) is 31.5 Å². The maximum Gasteiger partial charge on any atom is 0.294 e. The molecule has 178 valence electrons. The summed E-state index contributed by atoms with van der Waals surface area (Å²) < 4.78 is 5.49. The first-order chi connectivity index (χ1) is 16.4. The summed E-state index contributed by atoms with van der Waals surface area (Å²) in [5, 5.41) is 3.23. The molecule has 1 heterocycles. The third-order valence-corrected chi connectivity index (χ3v) is 6.72. The third kappa shape index (κ3) is 4.86. The van der Waals surface area contributed by atoms with Gasteiger partial charge in [0.15, 0.2) is 5.76 Å². The molecule has 0 bridgehead atoms. The van der Waals surface area contributed by atoms with Crippen LogP contribution < -0.4 is 15.1 Å². The minimum absolute atomic E-state index is 0.134. The number of nitrogens with zero attached hydrogens (tertiary/aromatic N) is 2. The minimum atomic E-state index is -0.838. The van der Waals surface area contributed by atoms with Gasteiger partial charge in [0.05, 0.1) is 6.26 Å². The largest absolute Gasteiger partial charge is 0.459 e. The van der Waals surface area contributed by atoms with Crippen LogP contribution in [-0.2, 0) is 4.79 Å². The molecule has 0 saturated heterocycles. The van der Waals surface area contributed by atoms with Gasteiger partial charge in [0.25, 0.3) is 5.91 Å². The second-order valence-electron chi connectivity index (χ2n) is 9.25. The van der Waals surface area contributed by atoms with E-state index < -0.39 is 6.04 Å². The van der Waals surface area contributed by atoms with E-state index >= 15 is 0 Å². The maximum atomic E-state index is 13.9. The molecule has 4 rings (SSSR count). The fourth-order valence-corrected chi connectivity index (χ4v) is 4.60. The van der Waals surface area contributed by atoms with Crippen molar-refractivity contribution in [3.8, 4) is 0 Å². The monoisotopic (exact) mass is 459 g/mol. The van der Waals surface area contributed by atoms with Gasteiger partial charge in [-0.05, 0) is 73.7 Å². The Bertz CT molecular complexity index is 1130. The molecule has 1 aliphatic carbocycles. The van der Waals surface area contributed by atoms with Gasteiger partial charge >= 0.3 is 0 Å². The summed E-state index contributed by atoms with van der Waals surface area (Å²) >= 11 is 0. The van der Waals surface area contributed by atoms with Crippen LogP contribution in [0.25, 0.3) is 0 Å². The second-order valence-corrected chi connectivity index (χ2v) is 9.25. The van der Waals surface area contributed by atoms with Gasteiger partial charge in [0.1, 0.15) is 6.04 Å². The van der Waals surface area contributed by atoms with Gasteiger partial charge in [-0.15, -0.1) is 0 Å². The van der Waals surface area contributed by atoms with E-state index in [1.165, 1.54) is 6.26 Å². The molecule has 0 aliphatic heterocycles. The van der Waals surface area contributed by atoms with Gasteiger partial charge in [-0.2, -0.15) is 0 Å². The molecule has 2 aromatic carbocycles.